The van der Waals surface area contributed by atoms with Gasteiger partial charge in [0.2, 0.25) is 0 Å². The van der Waals surface area contributed by atoms with E-state index < -0.39 is 0 Å². The summed E-state index contributed by atoms with van der Waals surface area (Å²) in [6.07, 6.45) is 0. The van der Waals surface area contributed by atoms with Gasteiger partial charge >= 0.3 is 0 Å². The van der Waals surface area contributed by atoms with E-state index in [4.69, 9.17) is 11.1 Å². The number of benzene rings is 2. The minimum atomic E-state index is 0.108. The van der Waals surface area contributed by atoms with Crippen LogP contribution in [0.15, 0.2) is 42.5 Å². The SMILES string of the molecule is Cc1ccc(-c2ccc(C(=N)N)cc2)cc1C. The summed E-state index contributed by atoms with van der Waals surface area (Å²) in [6, 6.07) is 14.2. The highest BCUT2D eigenvalue weighted by molar-refractivity contribution is 5.95. The molecule has 0 aliphatic heterocycles. The molecule has 0 aromatic heterocycles. The number of rotatable bonds is 2. The number of nitrogens with one attached hydrogen (secondary N) is 1. The van der Waals surface area contributed by atoms with Gasteiger partial charge in [-0.2, -0.15) is 0 Å². The molecule has 0 aliphatic rings. The number of hydrogen-bond donors (Lipinski definition) is 2. The molecule has 0 atom stereocenters. The number of hydrogen-bond acceptors (Lipinski definition) is 1. The fourth-order valence-corrected chi connectivity index (χ4v) is 1.76. The summed E-state index contributed by atoms with van der Waals surface area (Å²) in [6.45, 7) is 4.22. The molecule has 0 saturated carbocycles. The second-order valence-electron chi connectivity index (χ2n) is 4.29. The third-order valence-corrected chi connectivity index (χ3v) is 3.04. The van der Waals surface area contributed by atoms with Crippen molar-refractivity contribution in [3.05, 3.63) is 59.2 Å². The second-order valence-corrected chi connectivity index (χ2v) is 4.29. The number of amidine groups is 1. The maximum absolute atomic E-state index is 7.35. The molecule has 2 nitrogen and oxygen atoms in total. The monoisotopic (exact) mass is 224 g/mol. The Bertz CT molecular complexity index is 554. The van der Waals surface area contributed by atoms with Crippen molar-refractivity contribution in [2.24, 2.45) is 5.73 Å². The van der Waals surface area contributed by atoms with Crippen molar-refractivity contribution < 1.29 is 0 Å². The highest BCUT2D eigenvalue weighted by Crippen LogP contribution is 2.22. The molecule has 2 heteroatoms. The second kappa shape index (κ2) is 4.42. The summed E-state index contributed by atoms with van der Waals surface area (Å²) >= 11 is 0. The summed E-state index contributed by atoms with van der Waals surface area (Å²) < 4.78 is 0. The first-order valence-electron chi connectivity index (χ1n) is 5.60. The van der Waals surface area contributed by atoms with Crippen molar-refractivity contribution in [2.75, 3.05) is 0 Å². The minimum absolute atomic E-state index is 0.108. The van der Waals surface area contributed by atoms with Crippen LogP contribution in [0.1, 0.15) is 16.7 Å². The molecule has 0 radical (unpaired) electrons. The molecule has 86 valence electrons. The molecule has 0 fully saturated rings. The number of nitrogens with two attached hydrogens (primary N) is 1. The van der Waals surface area contributed by atoms with Crippen molar-refractivity contribution in [3.63, 3.8) is 0 Å². The van der Waals surface area contributed by atoms with E-state index in [9.17, 15) is 0 Å². The fourth-order valence-electron chi connectivity index (χ4n) is 1.76. The van der Waals surface area contributed by atoms with Crippen LogP contribution in [0.3, 0.4) is 0 Å². The lowest BCUT2D eigenvalue weighted by atomic mass is 9.99. The van der Waals surface area contributed by atoms with Crippen molar-refractivity contribution in [1.29, 1.82) is 5.41 Å². The molecule has 3 N–H and O–H groups in total. The first-order valence-corrected chi connectivity index (χ1v) is 5.60. The van der Waals surface area contributed by atoms with Crippen molar-refractivity contribution >= 4 is 5.84 Å². The van der Waals surface area contributed by atoms with Gasteiger partial charge in [-0.05, 0) is 36.1 Å². The third kappa shape index (κ3) is 2.36. The van der Waals surface area contributed by atoms with Gasteiger partial charge in [0, 0.05) is 5.56 Å². The standard InChI is InChI=1S/C15H16N2/c1-10-3-4-14(9-11(10)2)12-5-7-13(8-6-12)15(16)17/h3-9H,1-2H3,(H3,16,17). The molecule has 2 rings (SSSR count). The normalized spacial score (nSPS) is 10.2. The first kappa shape index (κ1) is 11.4. The van der Waals surface area contributed by atoms with E-state index in [2.05, 4.69) is 32.0 Å². The van der Waals surface area contributed by atoms with Crippen molar-refractivity contribution in [1.82, 2.24) is 0 Å². The van der Waals surface area contributed by atoms with Crippen LogP contribution >= 0.6 is 0 Å². The summed E-state index contributed by atoms with van der Waals surface area (Å²) in [4.78, 5) is 0. The summed E-state index contributed by atoms with van der Waals surface area (Å²) in [5.41, 5.74) is 11.1. The van der Waals surface area contributed by atoms with Crippen LogP contribution in [0, 0.1) is 19.3 Å². The molecule has 0 unspecified atom stereocenters. The van der Waals surface area contributed by atoms with Gasteiger partial charge in [-0.3, -0.25) is 5.41 Å². The Balaban J connectivity index is 2.39. The molecule has 17 heavy (non-hydrogen) atoms. The maximum Gasteiger partial charge on any atom is 0.122 e. The minimum Gasteiger partial charge on any atom is -0.384 e. The van der Waals surface area contributed by atoms with Crippen molar-refractivity contribution in [3.8, 4) is 11.1 Å². The van der Waals surface area contributed by atoms with Gasteiger partial charge in [-0.25, -0.2) is 0 Å². The van der Waals surface area contributed by atoms with E-state index in [1.54, 1.807) is 0 Å². The van der Waals surface area contributed by atoms with E-state index in [1.165, 1.54) is 16.7 Å². The summed E-state index contributed by atoms with van der Waals surface area (Å²) in [5, 5.41) is 7.35. The average molecular weight is 224 g/mol. The Kier molecular flexibility index (Phi) is 2.96. The van der Waals surface area contributed by atoms with Crippen LogP contribution in [-0.4, -0.2) is 5.84 Å². The van der Waals surface area contributed by atoms with Gasteiger partial charge < -0.3 is 5.73 Å². The zero-order chi connectivity index (χ0) is 12.4. The molecule has 0 heterocycles. The molecule has 0 spiro atoms. The first-order chi connectivity index (χ1) is 8.08. The molecular formula is C15H16N2. The Hall–Kier alpha value is -2.09. The van der Waals surface area contributed by atoms with Gasteiger partial charge in [-0.15, -0.1) is 0 Å². The van der Waals surface area contributed by atoms with Gasteiger partial charge in [0.25, 0.3) is 0 Å². The summed E-state index contributed by atoms with van der Waals surface area (Å²) in [7, 11) is 0. The van der Waals surface area contributed by atoms with Crippen LogP contribution in [0.4, 0.5) is 0 Å². The highest BCUT2D eigenvalue weighted by atomic mass is 14.7. The molecule has 0 aliphatic carbocycles. The lowest BCUT2D eigenvalue weighted by Crippen LogP contribution is -2.10. The molecule has 2 aromatic carbocycles. The predicted molar refractivity (Wildman–Crippen MR) is 72.4 cm³/mol. The lowest BCUT2D eigenvalue weighted by molar-refractivity contribution is 1.34. The Morgan fingerprint density at radius 2 is 1.47 bits per heavy atom. The molecule has 0 saturated heterocycles. The Labute approximate surface area is 102 Å². The van der Waals surface area contributed by atoms with E-state index in [1.807, 2.05) is 24.3 Å². The van der Waals surface area contributed by atoms with Crippen LogP contribution in [0.25, 0.3) is 11.1 Å². The smallest absolute Gasteiger partial charge is 0.122 e. The van der Waals surface area contributed by atoms with Gasteiger partial charge in [0.05, 0.1) is 0 Å². The van der Waals surface area contributed by atoms with Crippen LogP contribution < -0.4 is 5.73 Å². The van der Waals surface area contributed by atoms with E-state index in [0.29, 0.717) is 0 Å². The fraction of sp³-hybridized carbons (Fsp3) is 0.133. The largest absolute Gasteiger partial charge is 0.384 e. The number of nitrogen functional groups attached to an aromatic ring is 1. The topological polar surface area (TPSA) is 49.9 Å². The quantitative estimate of drug-likeness (QED) is 0.597. The maximum atomic E-state index is 7.35. The predicted octanol–water partition coefficient (Wildman–Crippen LogP) is 3.25. The number of aryl methyl sites for hydroxylation is 2. The van der Waals surface area contributed by atoms with E-state index >= 15 is 0 Å². The Morgan fingerprint density at radius 3 is 2.00 bits per heavy atom. The van der Waals surface area contributed by atoms with Crippen molar-refractivity contribution in [2.45, 2.75) is 13.8 Å². The van der Waals surface area contributed by atoms with Gasteiger partial charge in [-0.1, -0.05) is 42.5 Å². The molecule has 2 aromatic rings. The van der Waals surface area contributed by atoms with Gasteiger partial charge in [0.1, 0.15) is 5.84 Å². The van der Waals surface area contributed by atoms with E-state index in [0.717, 1.165) is 11.1 Å². The van der Waals surface area contributed by atoms with Crippen LogP contribution in [0.2, 0.25) is 0 Å². The molecule has 0 amide bonds. The molecule has 0 bridgehead atoms. The summed E-state index contributed by atoms with van der Waals surface area (Å²) in [5.74, 6) is 0.108. The van der Waals surface area contributed by atoms with Crippen LogP contribution in [-0.2, 0) is 0 Å². The highest BCUT2D eigenvalue weighted by Gasteiger charge is 2.01. The third-order valence-electron chi connectivity index (χ3n) is 3.04. The zero-order valence-corrected chi connectivity index (χ0v) is 10.1. The zero-order valence-electron chi connectivity index (χ0n) is 10.1. The lowest BCUT2D eigenvalue weighted by Gasteiger charge is -2.06. The Morgan fingerprint density at radius 1 is 0.882 bits per heavy atom. The molecular weight excluding hydrogens is 208 g/mol. The van der Waals surface area contributed by atoms with E-state index in [-0.39, 0.29) is 5.84 Å². The van der Waals surface area contributed by atoms with Gasteiger partial charge in [0.15, 0.2) is 0 Å². The average Bonchev–Trinajstić information content (AvgIpc) is 2.33. The van der Waals surface area contributed by atoms with Crippen LogP contribution in [0.5, 0.6) is 0 Å².